The van der Waals surface area contributed by atoms with Gasteiger partial charge in [0.15, 0.2) is 5.78 Å². The number of para-hydroxylation sites is 2. The van der Waals surface area contributed by atoms with Crippen molar-refractivity contribution in [2.45, 2.75) is 31.0 Å². The number of hydrogen-bond acceptors (Lipinski definition) is 4. The fourth-order valence-corrected chi connectivity index (χ4v) is 5.02. The zero-order valence-electron chi connectivity index (χ0n) is 19.7. The molecule has 1 amide bonds. The molecule has 0 bridgehead atoms. The van der Waals surface area contributed by atoms with Gasteiger partial charge in [-0.3, -0.25) is 14.5 Å². The molecule has 0 saturated carbocycles. The number of alkyl halides is 3. The van der Waals surface area contributed by atoms with Gasteiger partial charge in [0, 0.05) is 17.7 Å². The number of Topliss-reactive ketones (excluding diaryl/α,β-unsaturated/α-hetero) is 1. The van der Waals surface area contributed by atoms with Gasteiger partial charge in [0.1, 0.15) is 11.6 Å². The first-order chi connectivity index (χ1) is 17.7. The van der Waals surface area contributed by atoms with Gasteiger partial charge in [0.25, 0.3) is 0 Å². The largest absolute Gasteiger partial charge is 0.497 e. The molecule has 0 spiro atoms. The van der Waals surface area contributed by atoms with Crippen LogP contribution in [0.1, 0.15) is 35.9 Å². The number of amides is 1. The summed E-state index contributed by atoms with van der Waals surface area (Å²) in [6.45, 7) is 0. The van der Waals surface area contributed by atoms with Crippen molar-refractivity contribution in [3.8, 4) is 5.75 Å². The summed E-state index contributed by atoms with van der Waals surface area (Å²) >= 11 is 0. The third kappa shape index (κ3) is 4.57. The van der Waals surface area contributed by atoms with Crippen LogP contribution in [0.25, 0.3) is 0 Å². The first kappa shape index (κ1) is 24.5. The van der Waals surface area contributed by atoms with E-state index in [1.165, 1.54) is 24.3 Å². The highest BCUT2D eigenvalue weighted by molar-refractivity contribution is 6.07. The first-order valence-corrected chi connectivity index (χ1v) is 11.6. The molecule has 5 rings (SSSR count). The Morgan fingerprint density at radius 1 is 0.946 bits per heavy atom. The third-order valence-corrected chi connectivity index (χ3v) is 6.72. The minimum atomic E-state index is -5.21. The van der Waals surface area contributed by atoms with Crippen LogP contribution in [0.3, 0.4) is 0 Å². The Kier molecular flexibility index (Phi) is 6.23. The Bertz CT molecular complexity index is 1380. The lowest BCUT2D eigenvalue weighted by molar-refractivity contribution is -0.170. The van der Waals surface area contributed by atoms with E-state index in [9.17, 15) is 27.2 Å². The number of benzene rings is 3. The summed E-state index contributed by atoms with van der Waals surface area (Å²) in [7, 11) is 1.55. The number of fused-ring (bicyclic) bond motifs is 1. The summed E-state index contributed by atoms with van der Waals surface area (Å²) in [5, 5.41) is 3.16. The maximum Gasteiger partial charge on any atom is 0.471 e. The summed E-state index contributed by atoms with van der Waals surface area (Å²) in [5.74, 6) is -2.68. The van der Waals surface area contributed by atoms with E-state index < -0.39 is 29.7 Å². The molecular weight excluding hydrogens is 488 g/mol. The predicted octanol–water partition coefficient (Wildman–Crippen LogP) is 6.30. The Hall–Kier alpha value is -4.14. The number of rotatable bonds is 3. The van der Waals surface area contributed by atoms with Crippen molar-refractivity contribution in [2.24, 2.45) is 0 Å². The number of carbonyl (C=O) groups is 2. The molecule has 1 N–H and O–H groups in total. The minimum Gasteiger partial charge on any atom is -0.497 e. The highest BCUT2D eigenvalue weighted by atomic mass is 19.4. The van der Waals surface area contributed by atoms with Crippen molar-refractivity contribution in [1.29, 1.82) is 0 Å². The number of ketones is 1. The number of anilines is 2. The van der Waals surface area contributed by atoms with Crippen molar-refractivity contribution >= 4 is 23.1 Å². The quantitative estimate of drug-likeness (QED) is 0.421. The van der Waals surface area contributed by atoms with E-state index in [2.05, 4.69) is 5.32 Å². The number of hydrogen-bond donors (Lipinski definition) is 1. The van der Waals surface area contributed by atoms with Crippen molar-refractivity contribution in [3.05, 3.63) is 101 Å². The van der Waals surface area contributed by atoms with Crippen LogP contribution in [-0.2, 0) is 9.59 Å². The van der Waals surface area contributed by atoms with Gasteiger partial charge in [-0.15, -0.1) is 0 Å². The zero-order chi connectivity index (χ0) is 26.3. The number of carbonyl (C=O) groups excluding carboxylic acids is 2. The minimum absolute atomic E-state index is 0.0256. The van der Waals surface area contributed by atoms with Gasteiger partial charge < -0.3 is 10.1 Å². The van der Waals surface area contributed by atoms with Crippen LogP contribution in [0.5, 0.6) is 5.75 Å². The molecule has 2 aliphatic rings. The maximum atomic E-state index is 13.9. The van der Waals surface area contributed by atoms with Gasteiger partial charge in [-0.05, 0) is 59.9 Å². The monoisotopic (exact) mass is 510 g/mol. The average Bonchev–Trinajstić information content (AvgIpc) is 3.03. The highest BCUT2D eigenvalue weighted by Crippen LogP contribution is 2.48. The van der Waals surface area contributed by atoms with Crippen LogP contribution >= 0.6 is 0 Å². The highest BCUT2D eigenvalue weighted by Gasteiger charge is 2.49. The van der Waals surface area contributed by atoms with Crippen molar-refractivity contribution in [2.75, 3.05) is 17.3 Å². The fraction of sp³-hybridized carbons (Fsp3) is 0.214. The molecule has 1 aliphatic heterocycles. The lowest BCUT2D eigenvalue weighted by atomic mass is 9.78. The zero-order valence-corrected chi connectivity index (χ0v) is 19.7. The van der Waals surface area contributed by atoms with Gasteiger partial charge in [-0.1, -0.05) is 36.4 Å². The van der Waals surface area contributed by atoms with Gasteiger partial charge in [0.2, 0.25) is 0 Å². The second-order valence-electron chi connectivity index (χ2n) is 8.96. The standard InChI is InChI=1S/C28H22F4N2O3/c1-37-20-12-8-16(9-13-20)18-14-22-25(24(35)15-18)26(17-6-10-19(29)11-7-17)34(27(36)28(30,31)32)23-5-3-2-4-21(23)33-22/h2-13,18,26,33H,14-15H2,1H3/t18-,26-/m1/s1. The maximum absolute atomic E-state index is 13.9. The summed E-state index contributed by atoms with van der Waals surface area (Å²) < 4.78 is 60.7. The van der Waals surface area contributed by atoms with Crippen LogP contribution in [0, 0.1) is 5.82 Å². The van der Waals surface area contributed by atoms with E-state index in [4.69, 9.17) is 4.74 Å². The number of nitrogens with one attached hydrogen (secondary N) is 1. The number of ether oxygens (including phenoxy) is 1. The molecule has 1 heterocycles. The number of methoxy groups -OCH3 is 1. The Morgan fingerprint density at radius 3 is 2.24 bits per heavy atom. The number of allylic oxidation sites excluding steroid dienone is 1. The van der Waals surface area contributed by atoms with Crippen molar-refractivity contribution in [1.82, 2.24) is 0 Å². The lowest BCUT2D eigenvalue weighted by Gasteiger charge is -2.35. The molecule has 1 aliphatic carbocycles. The fourth-order valence-electron chi connectivity index (χ4n) is 5.02. The van der Waals surface area contributed by atoms with E-state index in [0.717, 1.165) is 17.7 Å². The predicted molar refractivity (Wildman–Crippen MR) is 130 cm³/mol. The van der Waals surface area contributed by atoms with Crippen LogP contribution in [0.2, 0.25) is 0 Å². The Morgan fingerprint density at radius 2 is 1.59 bits per heavy atom. The topological polar surface area (TPSA) is 58.6 Å². The molecule has 0 radical (unpaired) electrons. The summed E-state index contributed by atoms with van der Waals surface area (Å²) in [4.78, 5) is 27.2. The van der Waals surface area contributed by atoms with Gasteiger partial charge in [0.05, 0.1) is 24.5 Å². The molecule has 0 unspecified atom stereocenters. The van der Waals surface area contributed by atoms with Gasteiger partial charge in [-0.25, -0.2) is 4.39 Å². The molecule has 0 fully saturated rings. The average molecular weight is 510 g/mol. The molecule has 3 aromatic carbocycles. The Balaban J connectivity index is 1.70. The van der Waals surface area contributed by atoms with E-state index in [-0.39, 0.29) is 34.9 Å². The molecule has 5 nitrogen and oxygen atoms in total. The summed E-state index contributed by atoms with van der Waals surface area (Å²) in [6, 6.07) is 16.8. The van der Waals surface area contributed by atoms with Crippen LogP contribution in [0.4, 0.5) is 28.9 Å². The van der Waals surface area contributed by atoms with E-state index in [1.54, 1.807) is 31.4 Å². The lowest BCUT2D eigenvalue weighted by Crippen LogP contribution is -2.45. The van der Waals surface area contributed by atoms with Crippen LogP contribution in [-0.4, -0.2) is 25.0 Å². The molecule has 3 aromatic rings. The second-order valence-corrected chi connectivity index (χ2v) is 8.96. The molecule has 9 heteroatoms. The smallest absolute Gasteiger partial charge is 0.471 e. The van der Waals surface area contributed by atoms with Gasteiger partial charge in [-0.2, -0.15) is 13.2 Å². The van der Waals surface area contributed by atoms with Gasteiger partial charge >= 0.3 is 12.1 Å². The van der Waals surface area contributed by atoms with Crippen LogP contribution in [0.15, 0.2) is 84.1 Å². The summed E-state index contributed by atoms with van der Waals surface area (Å²) in [6.07, 6.45) is -4.85. The first-order valence-electron chi connectivity index (χ1n) is 11.6. The molecular formula is C28H22F4N2O3. The van der Waals surface area contributed by atoms with E-state index in [0.29, 0.717) is 22.8 Å². The molecule has 190 valence electrons. The second kappa shape index (κ2) is 9.38. The SMILES string of the molecule is COc1ccc([C@H]2CC(=O)C3=C(C2)Nc2ccccc2N(C(=O)C(F)(F)F)[C@@H]3c2ccc(F)cc2)cc1. The molecule has 37 heavy (non-hydrogen) atoms. The number of halogens is 4. The van der Waals surface area contributed by atoms with Crippen molar-refractivity contribution < 1.29 is 31.9 Å². The van der Waals surface area contributed by atoms with E-state index in [1.807, 2.05) is 12.1 Å². The third-order valence-electron chi connectivity index (χ3n) is 6.72. The normalized spacial score (nSPS) is 19.5. The Labute approximate surface area is 210 Å². The van der Waals surface area contributed by atoms with Crippen molar-refractivity contribution in [3.63, 3.8) is 0 Å². The molecule has 0 saturated heterocycles. The molecule has 2 atom stereocenters. The number of nitrogens with zero attached hydrogens (tertiary/aromatic N) is 1. The molecule has 0 aromatic heterocycles. The van der Waals surface area contributed by atoms with E-state index >= 15 is 0 Å². The summed E-state index contributed by atoms with van der Waals surface area (Å²) in [5.41, 5.74) is 1.80. The van der Waals surface area contributed by atoms with Crippen LogP contribution < -0.4 is 15.0 Å².